The van der Waals surface area contributed by atoms with Gasteiger partial charge in [0.05, 0.1) is 11.1 Å². The zero-order chi connectivity index (χ0) is 10.8. The summed E-state index contributed by atoms with van der Waals surface area (Å²) in [7, 11) is 0. The number of thiophene rings is 1. The first-order valence-electron chi connectivity index (χ1n) is 4.44. The summed E-state index contributed by atoms with van der Waals surface area (Å²) in [5, 5.41) is 13.6. The van der Waals surface area contributed by atoms with Crippen molar-refractivity contribution >= 4 is 22.9 Å². The maximum atomic E-state index is 9.29. The van der Waals surface area contributed by atoms with Gasteiger partial charge in [-0.1, -0.05) is 17.7 Å². The first-order valence-corrected chi connectivity index (χ1v) is 5.76. The van der Waals surface area contributed by atoms with E-state index in [1.54, 1.807) is 29.5 Å². The second kappa shape index (κ2) is 4.23. The van der Waals surface area contributed by atoms with Gasteiger partial charge in [-0.15, -0.1) is 0 Å². The molecule has 1 atom stereocenters. The number of aromatic hydroxyl groups is 1. The van der Waals surface area contributed by atoms with Crippen molar-refractivity contribution in [1.82, 2.24) is 0 Å². The summed E-state index contributed by atoms with van der Waals surface area (Å²) < 4.78 is 0. The van der Waals surface area contributed by atoms with Crippen LogP contribution in [0.2, 0.25) is 5.02 Å². The fourth-order valence-electron chi connectivity index (χ4n) is 1.36. The average molecular weight is 240 g/mol. The smallest absolute Gasteiger partial charge is 0.134 e. The average Bonchev–Trinajstić information content (AvgIpc) is 2.74. The minimum absolute atomic E-state index is 0.0814. The zero-order valence-corrected chi connectivity index (χ0v) is 9.42. The standard InChI is InChI=1S/C11H10ClNOS/c12-9-5-7(1-2-10(9)14)11(13)8-3-4-15-6-8/h1-6,11,14H,13H2/t11-/m1/s1. The first-order chi connectivity index (χ1) is 7.18. The van der Waals surface area contributed by atoms with E-state index in [2.05, 4.69) is 0 Å². The van der Waals surface area contributed by atoms with Crippen molar-refractivity contribution in [2.24, 2.45) is 5.73 Å². The Morgan fingerprint density at radius 3 is 2.67 bits per heavy atom. The van der Waals surface area contributed by atoms with Gasteiger partial charge in [0.2, 0.25) is 0 Å². The van der Waals surface area contributed by atoms with Gasteiger partial charge in [-0.05, 0) is 40.1 Å². The van der Waals surface area contributed by atoms with E-state index in [1.807, 2.05) is 16.8 Å². The van der Waals surface area contributed by atoms with Crippen molar-refractivity contribution in [3.05, 3.63) is 51.2 Å². The van der Waals surface area contributed by atoms with Crippen molar-refractivity contribution in [3.63, 3.8) is 0 Å². The van der Waals surface area contributed by atoms with E-state index in [0.717, 1.165) is 11.1 Å². The molecule has 0 aliphatic heterocycles. The summed E-state index contributed by atoms with van der Waals surface area (Å²) in [6, 6.07) is 6.83. The molecule has 2 rings (SSSR count). The molecule has 0 amide bonds. The summed E-state index contributed by atoms with van der Waals surface area (Å²) >= 11 is 7.42. The van der Waals surface area contributed by atoms with Crippen molar-refractivity contribution in [1.29, 1.82) is 0 Å². The van der Waals surface area contributed by atoms with Crippen LogP contribution in [-0.2, 0) is 0 Å². The predicted octanol–water partition coefficient (Wildman–Crippen LogP) is 3.16. The largest absolute Gasteiger partial charge is 0.506 e. The van der Waals surface area contributed by atoms with Crippen LogP contribution in [0.4, 0.5) is 0 Å². The molecular formula is C11H10ClNOS. The van der Waals surface area contributed by atoms with Gasteiger partial charge in [0.15, 0.2) is 0 Å². The van der Waals surface area contributed by atoms with Gasteiger partial charge in [0.25, 0.3) is 0 Å². The highest BCUT2D eigenvalue weighted by atomic mass is 35.5. The lowest BCUT2D eigenvalue weighted by molar-refractivity contribution is 0.475. The zero-order valence-electron chi connectivity index (χ0n) is 7.85. The van der Waals surface area contributed by atoms with Gasteiger partial charge < -0.3 is 10.8 Å². The molecule has 2 nitrogen and oxygen atoms in total. The van der Waals surface area contributed by atoms with Crippen LogP contribution in [0.3, 0.4) is 0 Å². The molecule has 0 saturated carbocycles. The van der Waals surface area contributed by atoms with E-state index in [0.29, 0.717) is 5.02 Å². The van der Waals surface area contributed by atoms with Crippen molar-refractivity contribution in [2.75, 3.05) is 0 Å². The Labute approximate surface area is 96.9 Å². The second-order valence-electron chi connectivity index (χ2n) is 3.25. The van der Waals surface area contributed by atoms with Crippen LogP contribution in [0.25, 0.3) is 0 Å². The Bertz CT molecular complexity index is 456. The number of halogens is 1. The molecule has 3 N–H and O–H groups in total. The SMILES string of the molecule is N[C@@H](c1ccsc1)c1ccc(O)c(Cl)c1. The molecule has 1 aromatic heterocycles. The van der Waals surface area contributed by atoms with Gasteiger partial charge in [-0.25, -0.2) is 0 Å². The Balaban J connectivity index is 2.34. The van der Waals surface area contributed by atoms with E-state index >= 15 is 0 Å². The first kappa shape index (κ1) is 10.5. The molecule has 2 aromatic rings. The topological polar surface area (TPSA) is 46.2 Å². The number of rotatable bonds is 2. The van der Waals surface area contributed by atoms with Gasteiger partial charge in [0, 0.05) is 0 Å². The number of benzene rings is 1. The van der Waals surface area contributed by atoms with E-state index in [9.17, 15) is 5.11 Å². The Morgan fingerprint density at radius 2 is 2.07 bits per heavy atom. The van der Waals surface area contributed by atoms with Crippen LogP contribution < -0.4 is 5.73 Å². The highest BCUT2D eigenvalue weighted by molar-refractivity contribution is 7.08. The fourth-order valence-corrected chi connectivity index (χ4v) is 2.25. The van der Waals surface area contributed by atoms with E-state index in [1.165, 1.54) is 0 Å². The number of phenolic OH excluding ortho intramolecular Hbond substituents is 1. The quantitative estimate of drug-likeness (QED) is 0.846. The lowest BCUT2D eigenvalue weighted by Crippen LogP contribution is -2.10. The Kier molecular flexibility index (Phi) is 2.95. The molecule has 0 aliphatic rings. The summed E-state index contributed by atoms with van der Waals surface area (Å²) in [5.41, 5.74) is 8.00. The van der Waals surface area contributed by atoms with Crippen LogP contribution in [0.15, 0.2) is 35.0 Å². The number of nitrogens with two attached hydrogens (primary N) is 1. The van der Waals surface area contributed by atoms with Gasteiger partial charge in [0.1, 0.15) is 5.75 Å². The Hall–Kier alpha value is -1.03. The molecule has 1 aromatic carbocycles. The van der Waals surface area contributed by atoms with Crippen molar-refractivity contribution in [2.45, 2.75) is 6.04 Å². The third-order valence-electron chi connectivity index (χ3n) is 2.23. The van der Waals surface area contributed by atoms with E-state index in [4.69, 9.17) is 17.3 Å². The molecular weight excluding hydrogens is 230 g/mol. The summed E-state index contributed by atoms with van der Waals surface area (Å²) in [6.45, 7) is 0. The number of hydrogen-bond donors (Lipinski definition) is 2. The maximum absolute atomic E-state index is 9.29. The lowest BCUT2D eigenvalue weighted by atomic mass is 10.0. The third kappa shape index (κ3) is 2.15. The number of phenols is 1. The van der Waals surface area contributed by atoms with Crippen molar-refractivity contribution < 1.29 is 5.11 Å². The molecule has 1 heterocycles. The molecule has 15 heavy (non-hydrogen) atoms. The number of hydrogen-bond acceptors (Lipinski definition) is 3. The molecule has 0 fully saturated rings. The Morgan fingerprint density at radius 1 is 1.27 bits per heavy atom. The molecule has 0 radical (unpaired) electrons. The van der Waals surface area contributed by atoms with Crippen LogP contribution in [0, 0.1) is 0 Å². The van der Waals surface area contributed by atoms with Crippen LogP contribution in [-0.4, -0.2) is 5.11 Å². The predicted molar refractivity (Wildman–Crippen MR) is 63.5 cm³/mol. The monoisotopic (exact) mass is 239 g/mol. The highest BCUT2D eigenvalue weighted by Gasteiger charge is 2.10. The third-order valence-corrected chi connectivity index (χ3v) is 3.24. The molecule has 0 aliphatic carbocycles. The molecule has 0 saturated heterocycles. The van der Waals surface area contributed by atoms with E-state index in [-0.39, 0.29) is 11.8 Å². The van der Waals surface area contributed by atoms with Gasteiger partial charge in [-0.3, -0.25) is 0 Å². The highest BCUT2D eigenvalue weighted by Crippen LogP contribution is 2.28. The van der Waals surface area contributed by atoms with Crippen molar-refractivity contribution in [3.8, 4) is 5.75 Å². The van der Waals surface area contributed by atoms with Crippen LogP contribution in [0.1, 0.15) is 17.2 Å². The second-order valence-corrected chi connectivity index (χ2v) is 4.43. The lowest BCUT2D eigenvalue weighted by Gasteiger charge is -2.11. The summed E-state index contributed by atoms with van der Waals surface area (Å²) in [5.74, 6) is 0.0814. The maximum Gasteiger partial charge on any atom is 0.134 e. The van der Waals surface area contributed by atoms with E-state index < -0.39 is 0 Å². The summed E-state index contributed by atoms with van der Waals surface area (Å²) in [4.78, 5) is 0. The van der Waals surface area contributed by atoms with Crippen LogP contribution >= 0.6 is 22.9 Å². The minimum atomic E-state index is -0.186. The summed E-state index contributed by atoms with van der Waals surface area (Å²) in [6.07, 6.45) is 0. The molecule has 0 bridgehead atoms. The van der Waals surface area contributed by atoms with Gasteiger partial charge in [-0.2, -0.15) is 11.3 Å². The molecule has 4 heteroatoms. The molecule has 0 spiro atoms. The minimum Gasteiger partial charge on any atom is -0.506 e. The normalized spacial score (nSPS) is 12.7. The molecule has 0 unspecified atom stereocenters. The van der Waals surface area contributed by atoms with Gasteiger partial charge >= 0.3 is 0 Å². The van der Waals surface area contributed by atoms with Crippen LogP contribution in [0.5, 0.6) is 5.75 Å². The fraction of sp³-hybridized carbons (Fsp3) is 0.0909. The molecule has 78 valence electrons.